The SMILES string of the molecule is CC(C)[C@@H](CNC(=O)c1n[nH]c(=O)c2ccccc12)N1CCc2ccccc2C1. The largest absolute Gasteiger partial charge is 0.349 e. The molecule has 0 saturated carbocycles. The van der Waals surface area contributed by atoms with Gasteiger partial charge in [0.25, 0.3) is 11.5 Å². The van der Waals surface area contributed by atoms with Gasteiger partial charge < -0.3 is 5.32 Å². The average Bonchev–Trinajstić information content (AvgIpc) is 2.74. The predicted molar refractivity (Wildman–Crippen MR) is 114 cm³/mol. The quantitative estimate of drug-likeness (QED) is 0.702. The lowest BCUT2D eigenvalue weighted by Gasteiger charge is -2.38. The fourth-order valence-corrected chi connectivity index (χ4v) is 4.16. The highest BCUT2D eigenvalue weighted by Gasteiger charge is 2.26. The zero-order chi connectivity index (χ0) is 20.4. The standard InChI is InChI=1S/C23H26N4O2/c1-15(2)20(27-12-11-16-7-3-4-8-17(16)14-27)13-24-23(29)21-18-9-5-6-10-19(18)22(28)26-25-21/h3-10,15,20H,11-14H2,1-2H3,(H,24,29)(H,26,28)/t20-/m1/s1. The van der Waals surface area contributed by atoms with E-state index in [1.54, 1.807) is 18.2 Å². The molecule has 2 aromatic carbocycles. The predicted octanol–water partition coefficient (Wildman–Crippen LogP) is 2.74. The number of nitrogens with zero attached hydrogens (tertiary/aromatic N) is 2. The smallest absolute Gasteiger partial charge is 0.272 e. The highest BCUT2D eigenvalue weighted by atomic mass is 16.2. The summed E-state index contributed by atoms with van der Waals surface area (Å²) < 4.78 is 0. The van der Waals surface area contributed by atoms with Gasteiger partial charge in [0.05, 0.1) is 5.39 Å². The van der Waals surface area contributed by atoms with Crippen LogP contribution in [0.15, 0.2) is 53.3 Å². The third-order valence-electron chi connectivity index (χ3n) is 5.78. The first-order chi connectivity index (χ1) is 14.0. The molecule has 29 heavy (non-hydrogen) atoms. The topological polar surface area (TPSA) is 78.1 Å². The maximum atomic E-state index is 12.9. The number of H-pyrrole nitrogens is 1. The van der Waals surface area contributed by atoms with E-state index in [1.165, 1.54) is 11.1 Å². The average molecular weight is 390 g/mol. The van der Waals surface area contributed by atoms with Gasteiger partial charge in [-0.1, -0.05) is 56.3 Å². The molecule has 1 atom stereocenters. The molecule has 4 rings (SSSR count). The minimum absolute atomic E-state index is 0.223. The fraction of sp³-hybridized carbons (Fsp3) is 0.348. The number of aromatic amines is 1. The maximum Gasteiger partial charge on any atom is 0.272 e. The molecule has 6 heteroatoms. The van der Waals surface area contributed by atoms with Crippen LogP contribution in [0.4, 0.5) is 0 Å². The van der Waals surface area contributed by atoms with Gasteiger partial charge in [-0.05, 0) is 29.5 Å². The lowest BCUT2D eigenvalue weighted by Crippen LogP contribution is -2.48. The number of benzene rings is 2. The Morgan fingerprint density at radius 3 is 2.55 bits per heavy atom. The molecule has 2 heterocycles. The Kier molecular flexibility index (Phi) is 5.45. The monoisotopic (exact) mass is 390 g/mol. The van der Waals surface area contributed by atoms with Crippen molar-refractivity contribution in [2.75, 3.05) is 13.1 Å². The van der Waals surface area contributed by atoms with Crippen molar-refractivity contribution >= 4 is 16.7 Å². The first-order valence-electron chi connectivity index (χ1n) is 10.1. The van der Waals surface area contributed by atoms with Crippen LogP contribution in [0.3, 0.4) is 0 Å². The highest BCUT2D eigenvalue weighted by molar-refractivity contribution is 6.04. The number of fused-ring (bicyclic) bond motifs is 2. The molecule has 1 amide bonds. The summed E-state index contributed by atoms with van der Waals surface area (Å²) in [6, 6.07) is 15.8. The van der Waals surface area contributed by atoms with Crippen LogP contribution in [-0.2, 0) is 13.0 Å². The summed E-state index contributed by atoms with van der Waals surface area (Å²) >= 11 is 0. The van der Waals surface area contributed by atoms with Crippen LogP contribution in [0.5, 0.6) is 0 Å². The Morgan fingerprint density at radius 1 is 1.10 bits per heavy atom. The summed E-state index contributed by atoms with van der Waals surface area (Å²) in [5.41, 5.74) is 2.75. The molecule has 0 radical (unpaired) electrons. The number of aromatic nitrogens is 2. The molecule has 1 aliphatic rings. The summed E-state index contributed by atoms with van der Waals surface area (Å²) in [5.74, 6) is 0.126. The Bertz CT molecular complexity index is 1090. The van der Waals surface area contributed by atoms with Gasteiger partial charge in [0.2, 0.25) is 0 Å². The van der Waals surface area contributed by atoms with Crippen molar-refractivity contribution in [2.45, 2.75) is 32.9 Å². The van der Waals surface area contributed by atoms with Crippen molar-refractivity contribution in [3.63, 3.8) is 0 Å². The molecular formula is C23H26N4O2. The van der Waals surface area contributed by atoms with Gasteiger partial charge >= 0.3 is 0 Å². The van der Waals surface area contributed by atoms with Gasteiger partial charge in [0, 0.05) is 31.1 Å². The molecule has 6 nitrogen and oxygen atoms in total. The summed E-state index contributed by atoms with van der Waals surface area (Å²) in [7, 11) is 0. The molecule has 1 aromatic heterocycles. The van der Waals surface area contributed by atoms with Crippen molar-refractivity contribution in [2.24, 2.45) is 5.92 Å². The van der Waals surface area contributed by atoms with E-state index < -0.39 is 0 Å². The van der Waals surface area contributed by atoms with E-state index in [2.05, 4.69) is 58.5 Å². The number of nitrogens with one attached hydrogen (secondary N) is 2. The first-order valence-corrected chi connectivity index (χ1v) is 10.1. The van der Waals surface area contributed by atoms with Crippen LogP contribution in [0, 0.1) is 5.92 Å². The molecule has 3 aromatic rings. The third kappa shape index (κ3) is 3.93. The van der Waals surface area contributed by atoms with Crippen molar-refractivity contribution in [1.29, 1.82) is 0 Å². The van der Waals surface area contributed by atoms with Crippen molar-refractivity contribution in [3.05, 3.63) is 75.7 Å². The van der Waals surface area contributed by atoms with Crippen LogP contribution in [0.1, 0.15) is 35.5 Å². The van der Waals surface area contributed by atoms with Crippen LogP contribution >= 0.6 is 0 Å². The molecule has 0 saturated heterocycles. The van der Waals surface area contributed by atoms with Gasteiger partial charge in [0.1, 0.15) is 0 Å². The maximum absolute atomic E-state index is 12.9. The normalized spacial score (nSPS) is 15.3. The van der Waals surface area contributed by atoms with Crippen molar-refractivity contribution < 1.29 is 4.79 Å². The molecule has 0 fully saturated rings. The second-order valence-electron chi connectivity index (χ2n) is 7.96. The van der Waals surface area contributed by atoms with Crippen molar-refractivity contribution in [1.82, 2.24) is 20.4 Å². The second kappa shape index (κ2) is 8.17. The second-order valence-corrected chi connectivity index (χ2v) is 7.96. The minimum Gasteiger partial charge on any atom is -0.349 e. The number of hydrogen-bond acceptors (Lipinski definition) is 4. The number of amides is 1. The first kappa shape index (κ1) is 19.3. The van der Waals surface area contributed by atoms with Crippen LogP contribution < -0.4 is 10.9 Å². The molecule has 1 aliphatic heterocycles. The number of hydrogen-bond donors (Lipinski definition) is 2. The molecule has 0 spiro atoms. The molecule has 0 aliphatic carbocycles. The molecule has 0 bridgehead atoms. The summed E-state index contributed by atoms with van der Waals surface area (Å²) in [6.07, 6.45) is 1.03. The zero-order valence-electron chi connectivity index (χ0n) is 16.8. The molecule has 0 unspecified atom stereocenters. The zero-order valence-corrected chi connectivity index (χ0v) is 16.8. The third-order valence-corrected chi connectivity index (χ3v) is 5.78. The van der Waals surface area contributed by atoms with E-state index in [1.807, 2.05) is 6.07 Å². The van der Waals surface area contributed by atoms with E-state index in [0.717, 1.165) is 19.5 Å². The van der Waals surface area contributed by atoms with Crippen molar-refractivity contribution in [3.8, 4) is 0 Å². The Hall–Kier alpha value is -2.99. The van der Waals surface area contributed by atoms with E-state index in [0.29, 0.717) is 23.2 Å². The number of rotatable bonds is 5. The van der Waals surface area contributed by atoms with E-state index >= 15 is 0 Å². The molecule has 150 valence electrons. The number of carbonyl (C=O) groups is 1. The van der Waals surface area contributed by atoms with Gasteiger partial charge in [-0.2, -0.15) is 5.10 Å². The van der Waals surface area contributed by atoms with E-state index in [-0.39, 0.29) is 23.2 Å². The van der Waals surface area contributed by atoms with Crippen LogP contribution in [0.25, 0.3) is 10.8 Å². The van der Waals surface area contributed by atoms with Crippen LogP contribution in [-0.4, -0.2) is 40.1 Å². The van der Waals surface area contributed by atoms with Gasteiger partial charge in [-0.15, -0.1) is 0 Å². The van der Waals surface area contributed by atoms with E-state index in [9.17, 15) is 9.59 Å². The molecular weight excluding hydrogens is 364 g/mol. The van der Waals surface area contributed by atoms with Gasteiger partial charge in [-0.3, -0.25) is 14.5 Å². The lowest BCUT2D eigenvalue weighted by molar-refractivity contribution is 0.0900. The van der Waals surface area contributed by atoms with Crippen LogP contribution in [0.2, 0.25) is 0 Å². The number of carbonyl (C=O) groups excluding carboxylic acids is 1. The Balaban J connectivity index is 1.50. The Morgan fingerprint density at radius 2 is 1.79 bits per heavy atom. The highest BCUT2D eigenvalue weighted by Crippen LogP contribution is 2.23. The minimum atomic E-state index is -0.288. The Labute approximate surface area is 169 Å². The fourth-order valence-electron chi connectivity index (χ4n) is 4.16. The lowest BCUT2D eigenvalue weighted by atomic mass is 9.95. The molecule has 2 N–H and O–H groups in total. The van der Waals surface area contributed by atoms with Gasteiger partial charge in [-0.25, -0.2) is 5.10 Å². The van der Waals surface area contributed by atoms with Gasteiger partial charge in [0.15, 0.2) is 5.69 Å². The summed E-state index contributed by atoms with van der Waals surface area (Å²) in [4.78, 5) is 27.3. The summed E-state index contributed by atoms with van der Waals surface area (Å²) in [5, 5.41) is 10.5. The van der Waals surface area contributed by atoms with E-state index in [4.69, 9.17) is 0 Å². The summed E-state index contributed by atoms with van der Waals surface area (Å²) in [6.45, 7) is 6.79.